The summed E-state index contributed by atoms with van der Waals surface area (Å²) in [5, 5.41) is 0. The van der Waals surface area contributed by atoms with E-state index in [0.29, 0.717) is 24.2 Å². The highest BCUT2D eigenvalue weighted by Gasteiger charge is 2.51. The summed E-state index contributed by atoms with van der Waals surface area (Å²) < 4.78 is 77.8. The van der Waals surface area contributed by atoms with Crippen LogP contribution >= 0.6 is 15.2 Å². The van der Waals surface area contributed by atoms with Crippen LogP contribution in [0.5, 0.6) is 0 Å². The molecule has 0 bridgehead atoms. The first kappa shape index (κ1) is 27.0. The minimum atomic E-state index is -5.67. The average molecular weight is 525 g/mol. The first-order chi connectivity index (χ1) is 15.6. The molecule has 34 heavy (non-hydrogen) atoms. The van der Waals surface area contributed by atoms with Gasteiger partial charge in [-0.25, -0.2) is 0 Å². The zero-order chi connectivity index (χ0) is 25.4. The van der Waals surface area contributed by atoms with Crippen LogP contribution in [0.25, 0.3) is 0 Å². The second-order valence-electron chi connectivity index (χ2n) is 8.41. The van der Waals surface area contributed by atoms with E-state index in [-0.39, 0.29) is 6.04 Å². The first-order valence-electron chi connectivity index (χ1n) is 10.4. The molecule has 0 spiro atoms. The Labute approximate surface area is 193 Å². The number of rotatable bonds is 9. The van der Waals surface area contributed by atoms with Crippen molar-refractivity contribution in [2.75, 3.05) is 0 Å². The molecule has 0 saturated heterocycles. The topological polar surface area (TPSA) is 118 Å². The Morgan fingerprint density at radius 3 is 1.32 bits per heavy atom. The molecule has 0 aromatic heterocycles. The Kier molecular flexibility index (Phi) is 7.80. The van der Waals surface area contributed by atoms with Crippen LogP contribution in [-0.2, 0) is 33.5 Å². The van der Waals surface area contributed by atoms with Gasteiger partial charge in [0.25, 0.3) is 0 Å². The fourth-order valence-electron chi connectivity index (χ4n) is 4.01. The zero-order valence-corrected chi connectivity index (χ0v) is 19.7. The van der Waals surface area contributed by atoms with E-state index in [9.17, 15) is 26.7 Å². The van der Waals surface area contributed by atoms with Crippen molar-refractivity contribution in [2.24, 2.45) is 0 Å². The first-order valence-corrected chi connectivity index (χ1v) is 13.7. The van der Waals surface area contributed by atoms with Crippen molar-refractivity contribution in [1.29, 1.82) is 0 Å². The maximum atomic E-state index is 13.9. The molecule has 0 radical (unpaired) electrons. The van der Waals surface area contributed by atoms with E-state index in [1.54, 1.807) is 0 Å². The molecule has 188 valence electrons. The molecule has 7 nitrogen and oxygen atoms in total. The van der Waals surface area contributed by atoms with Gasteiger partial charge in [0.05, 0.1) is 0 Å². The summed E-state index contributed by atoms with van der Waals surface area (Å²) in [5.74, 6) is 0. The Bertz CT molecular complexity index is 1000. The highest BCUT2D eigenvalue weighted by Crippen LogP contribution is 2.60. The van der Waals surface area contributed by atoms with Crippen LogP contribution in [-0.4, -0.2) is 30.5 Å². The van der Waals surface area contributed by atoms with Crippen molar-refractivity contribution in [1.82, 2.24) is 4.90 Å². The smallest absolute Gasteiger partial charge is 0.320 e. The van der Waals surface area contributed by atoms with Gasteiger partial charge in [0.15, 0.2) is 0 Å². The van der Waals surface area contributed by atoms with Gasteiger partial charge in [-0.15, -0.1) is 0 Å². The van der Waals surface area contributed by atoms with Gasteiger partial charge in [0.1, 0.15) is 0 Å². The van der Waals surface area contributed by atoms with Gasteiger partial charge in [-0.3, -0.25) is 14.0 Å². The lowest BCUT2D eigenvalue weighted by molar-refractivity contribution is 0.0564. The van der Waals surface area contributed by atoms with E-state index in [0.717, 1.165) is 49.9 Å². The normalized spacial score (nSPS) is 16.4. The maximum Gasteiger partial charge on any atom is 0.399 e. The second-order valence-corrected chi connectivity index (χ2v) is 11.7. The summed E-state index contributed by atoms with van der Waals surface area (Å²) in [6.45, 7) is 0.652. The Morgan fingerprint density at radius 2 is 1.03 bits per heavy atom. The fourth-order valence-corrected chi connectivity index (χ4v) is 4.98. The molecule has 0 aliphatic heterocycles. The van der Waals surface area contributed by atoms with Gasteiger partial charge in [0, 0.05) is 30.3 Å². The summed E-state index contributed by atoms with van der Waals surface area (Å²) in [6, 6.07) is 9.51. The van der Waals surface area contributed by atoms with Gasteiger partial charge in [0.2, 0.25) is 0 Å². The molecule has 13 heteroatoms. The van der Waals surface area contributed by atoms with Crippen LogP contribution < -0.4 is 0 Å². The molecule has 1 aliphatic rings. The zero-order valence-electron chi connectivity index (χ0n) is 17.9. The predicted molar refractivity (Wildman–Crippen MR) is 116 cm³/mol. The fraction of sp³-hybridized carbons (Fsp3) is 0.429. The lowest BCUT2D eigenvalue weighted by atomic mass is 10.1. The van der Waals surface area contributed by atoms with Crippen LogP contribution in [0.2, 0.25) is 0 Å². The lowest BCUT2D eigenvalue weighted by Gasteiger charge is -2.29. The summed E-state index contributed by atoms with van der Waals surface area (Å²) in [5.41, 5.74) is -8.93. The molecule has 2 aromatic rings. The van der Waals surface area contributed by atoms with Crippen molar-refractivity contribution in [2.45, 2.75) is 56.1 Å². The number of hydrogen-bond donors (Lipinski definition) is 4. The molecular formula is C21H25F4NO6P2. The molecule has 0 amide bonds. The predicted octanol–water partition coefficient (Wildman–Crippen LogP) is 5.09. The van der Waals surface area contributed by atoms with E-state index >= 15 is 0 Å². The van der Waals surface area contributed by atoms with Crippen LogP contribution in [0.15, 0.2) is 48.5 Å². The van der Waals surface area contributed by atoms with E-state index in [2.05, 4.69) is 4.90 Å². The van der Waals surface area contributed by atoms with E-state index in [4.69, 9.17) is 19.6 Å². The SMILES string of the molecule is O=P(O)(O)C(F)(F)c1ccc(CN(Cc2ccc(C(F)(F)P(=O)(O)O)cc2)C2CCCC2)cc1. The van der Waals surface area contributed by atoms with Crippen molar-refractivity contribution in [3.05, 3.63) is 70.8 Å². The molecule has 1 aliphatic carbocycles. The molecule has 1 saturated carbocycles. The molecule has 2 aromatic carbocycles. The van der Waals surface area contributed by atoms with Crippen molar-refractivity contribution in [3.63, 3.8) is 0 Å². The monoisotopic (exact) mass is 525 g/mol. The van der Waals surface area contributed by atoms with Gasteiger partial charge >= 0.3 is 26.5 Å². The van der Waals surface area contributed by atoms with Crippen LogP contribution in [0.3, 0.4) is 0 Å². The van der Waals surface area contributed by atoms with Gasteiger partial charge in [-0.05, 0) is 24.0 Å². The van der Waals surface area contributed by atoms with Gasteiger partial charge in [-0.2, -0.15) is 17.6 Å². The minimum absolute atomic E-state index is 0.160. The molecule has 0 heterocycles. The summed E-state index contributed by atoms with van der Waals surface area (Å²) in [6.07, 6.45) is 3.79. The third kappa shape index (κ3) is 5.79. The van der Waals surface area contributed by atoms with Crippen molar-refractivity contribution < 1.29 is 46.3 Å². The molecular weight excluding hydrogens is 500 g/mol. The quantitative estimate of drug-likeness (QED) is 0.266. The van der Waals surface area contributed by atoms with E-state index in [1.165, 1.54) is 24.3 Å². The van der Waals surface area contributed by atoms with Crippen molar-refractivity contribution >= 4 is 15.2 Å². The van der Waals surface area contributed by atoms with Crippen LogP contribution in [0.1, 0.15) is 47.9 Å². The standard InChI is InChI=1S/C21H25F4NO6P2/c22-20(23,33(27,28)29)17-9-5-15(6-10-17)13-26(19-3-1-2-4-19)14-16-7-11-18(12-8-16)21(24,25)34(30,31)32/h5-12,19H,1-4,13-14H2,(H2,27,28,29)(H2,30,31,32). The minimum Gasteiger partial charge on any atom is -0.320 e. The maximum absolute atomic E-state index is 13.9. The van der Waals surface area contributed by atoms with E-state index in [1.807, 2.05) is 0 Å². The second kappa shape index (κ2) is 9.82. The molecule has 4 N–H and O–H groups in total. The van der Waals surface area contributed by atoms with E-state index < -0.39 is 37.6 Å². The summed E-state index contributed by atoms with van der Waals surface area (Å²) in [4.78, 5) is 37.6. The Balaban J connectivity index is 1.79. The summed E-state index contributed by atoms with van der Waals surface area (Å²) >= 11 is 0. The van der Waals surface area contributed by atoms with Crippen molar-refractivity contribution in [3.8, 4) is 0 Å². The average Bonchev–Trinajstić information content (AvgIpc) is 3.27. The lowest BCUT2D eigenvalue weighted by Crippen LogP contribution is -2.32. The number of hydrogen-bond acceptors (Lipinski definition) is 3. The third-order valence-corrected chi connectivity index (χ3v) is 7.93. The Hall–Kier alpha value is -1.58. The largest absolute Gasteiger partial charge is 0.399 e. The van der Waals surface area contributed by atoms with Gasteiger partial charge < -0.3 is 19.6 Å². The number of halogens is 4. The highest BCUT2D eigenvalue weighted by atomic mass is 31.2. The molecule has 1 fully saturated rings. The summed E-state index contributed by atoms with van der Waals surface area (Å²) in [7, 11) is -11.3. The van der Waals surface area contributed by atoms with Crippen LogP contribution in [0.4, 0.5) is 17.6 Å². The molecule has 3 rings (SSSR count). The van der Waals surface area contributed by atoms with Gasteiger partial charge in [-0.1, -0.05) is 61.4 Å². The number of alkyl halides is 4. The van der Waals surface area contributed by atoms with Crippen LogP contribution in [0, 0.1) is 0 Å². The highest BCUT2D eigenvalue weighted by molar-refractivity contribution is 7.52. The number of nitrogens with zero attached hydrogens (tertiary/aromatic N) is 1. The number of benzene rings is 2. The molecule has 0 unspecified atom stereocenters. The molecule has 0 atom stereocenters. The Morgan fingerprint density at radius 1 is 0.706 bits per heavy atom. The third-order valence-electron chi connectivity index (χ3n) is 5.95.